The van der Waals surface area contributed by atoms with Gasteiger partial charge in [0.15, 0.2) is 0 Å². The molecule has 0 saturated heterocycles. The summed E-state index contributed by atoms with van der Waals surface area (Å²) in [7, 11) is 0. The summed E-state index contributed by atoms with van der Waals surface area (Å²) in [6.07, 6.45) is 16.3. The molecule has 3 heteroatoms. The highest BCUT2D eigenvalue weighted by Crippen LogP contribution is 2.28. The Hall–Kier alpha value is -0.650. The quantitative estimate of drug-likeness (QED) is 0.405. The molecule has 0 unspecified atom stereocenters. The average Bonchev–Trinajstić information content (AvgIpc) is 2.37. The zero-order chi connectivity index (χ0) is 13.4. The standard InChI is InChI=1S/C15H18BrClO/c1-3-5-6-11-15-13(17)9-7-8-10-14(18-15)12(16)4-2/h1,5-8,13,15H,4,9-11H2,2H3/b6-5-,8-7-,14-12-/t13-,15-/m0/s1. The molecule has 0 saturated carbocycles. The fourth-order valence-corrected chi connectivity index (χ4v) is 2.22. The average molecular weight is 330 g/mol. The van der Waals surface area contributed by atoms with E-state index in [1.54, 1.807) is 6.08 Å². The van der Waals surface area contributed by atoms with Gasteiger partial charge >= 0.3 is 0 Å². The van der Waals surface area contributed by atoms with Gasteiger partial charge in [-0.05, 0) is 18.9 Å². The number of hydrogen-bond acceptors (Lipinski definition) is 1. The van der Waals surface area contributed by atoms with Gasteiger partial charge in [-0.2, -0.15) is 0 Å². The number of halogens is 2. The lowest BCUT2D eigenvalue weighted by Crippen LogP contribution is -2.25. The van der Waals surface area contributed by atoms with Gasteiger partial charge in [0.1, 0.15) is 11.9 Å². The largest absolute Gasteiger partial charge is 0.492 e. The van der Waals surface area contributed by atoms with Gasteiger partial charge in [0.05, 0.1) is 5.38 Å². The van der Waals surface area contributed by atoms with Crippen LogP contribution in [-0.2, 0) is 4.74 Å². The van der Waals surface area contributed by atoms with Gasteiger partial charge in [0, 0.05) is 17.3 Å². The first kappa shape index (κ1) is 15.4. The third-order valence-electron chi connectivity index (χ3n) is 2.72. The fourth-order valence-electron chi connectivity index (χ4n) is 1.71. The van der Waals surface area contributed by atoms with Crippen molar-refractivity contribution in [2.45, 2.75) is 44.1 Å². The molecule has 2 atom stereocenters. The molecule has 0 aromatic rings. The second kappa shape index (κ2) is 8.45. The van der Waals surface area contributed by atoms with Crippen molar-refractivity contribution in [3.05, 3.63) is 34.5 Å². The second-order valence-electron chi connectivity index (χ2n) is 4.07. The summed E-state index contributed by atoms with van der Waals surface area (Å²) in [5, 5.41) is -0.0314. The number of alkyl halides is 1. The summed E-state index contributed by atoms with van der Waals surface area (Å²) < 4.78 is 7.13. The molecule has 0 aromatic heterocycles. The Morgan fingerprint density at radius 2 is 2.44 bits per heavy atom. The molecule has 1 nitrogen and oxygen atoms in total. The molecule has 0 spiro atoms. The van der Waals surface area contributed by atoms with Crippen molar-refractivity contribution in [3.63, 3.8) is 0 Å². The fraction of sp³-hybridized carbons (Fsp3) is 0.467. The van der Waals surface area contributed by atoms with E-state index >= 15 is 0 Å². The molecule has 0 N–H and O–H groups in total. The maximum atomic E-state index is 6.35. The Morgan fingerprint density at radius 1 is 1.67 bits per heavy atom. The van der Waals surface area contributed by atoms with E-state index in [1.807, 2.05) is 6.08 Å². The SMILES string of the molecule is C#C/C=C\C[C@@H]1O/C(=C(\Br)CC)C/C=C\C[C@@H]1Cl. The molecule has 18 heavy (non-hydrogen) atoms. The Morgan fingerprint density at radius 3 is 3.11 bits per heavy atom. The highest BCUT2D eigenvalue weighted by Gasteiger charge is 2.22. The Kier molecular flexibility index (Phi) is 7.23. The van der Waals surface area contributed by atoms with E-state index in [4.69, 9.17) is 22.8 Å². The first-order chi connectivity index (χ1) is 8.69. The van der Waals surface area contributed by atoms with Crippen LogP contribution < -0.4 is 0 Å². The molecule has 0 aromatic carbocycles. The molecule has 98 valence electrons. The van der Waals surface area contributed by atoms with E-state index in [1.165, 1.54) is 0 Å². The van der Waals surface area contributed by atoms with Gasteiger partial charge in [-0.25, -0.2) is 0 Å². The van der Waals surface area contributed by atoms with Crippen LogP contribution in [0.3, 0.4) is 0 Å². The summed E-state index contributed by atoms with van der Waals surface area (Å²) in [4.78, 5) is 0. The van der Waals surface area contributed by atoms with Crippen LogP contribution in [0.5, 0.6) is 0 Å². The summed E-state index contributed by atoms with van der Waals surface area (Å²) in [5.74, 6) is 3.45. The molecule has 0 aliphatic carbocycles. The molecule has 0 fully saturated rings. The Labute approximate surface area is 123 Å². The lowest BCUT2D eigenvalue weighted by atomic mass is 10.1. The van der Waals surface area contributed by atoms with Crippen molar-refractivity contribution in [3.8, 4) is 12.3 Å². The van der Waals surface area contributed by atoms with Crippen LogP contribution in [0.15, 0.2) is 34.5 Å². The van der Waals surface area contributed by atoms with E-state index in [0.29, 0.717) is 0 Å². The second-order valence-corrected chi connectivity index (χ2v) is 5.59. The third kappa shape index (κ3) is 4.92. The number of terminal acetylenes is 1. The van der Waals surface area contributed by atoms with E-state index in [9.17, 15) is 0 Å². The van der Waals surface area contributed by atoms with Crippen molar-refractivity contribution in [2.24, 2.45) is 0 Å². The highest BCUT2D eigenvalue weighted by molar-refractivity contribution is 9.11. The Bertz CT molecular complexity index is 390. The molecule has 1 aliphatic rings. The number of rotatable bonds is 3. The number of hydrogen-bond donors (Lipinski definition) is 0. The topological polar surface area (TPSA) is 9.23 Å². The van der Waals surface area contributed by atoms with Gasteiger partial charge in [0.25, 0.3) is 0 Å². The molecular formula is C15H18BrClO. The first-order valence-corrected chi connectivity index (χ1v) is 7.36. The summed E-state index contributed by atoms with van der Waals surface area (Å²) in [5.41, 5.74) is 0. The summed E-state index contributed by atoms with van der Waals surface area (Å²) >= 11 is 9.91. The lowest BCUT2D eigenvalue weighted by molar-refractivity contribution is 0.108. The molecule has 0 amide bonds. The van der Waals surface area contributed by atoms with Crippen LogP contribution in [0.1, 0.15) is 32.6 Å². The van der Waals surface area contributed by atoms with Crippen LogP contribution in [0.2, 0.25) is 0 Å². The number of allylic oxidation sites excluding steroid dienone is 4. The predicted octanol–water partition coefficient (Wildman–Crippen LogP) is 4.93. The molecule has 1 aliphatic heterocycles. The minimum atomic E-state index is -0.0321. The lowest BCUT2D eigenvalue weighted by Gasteiger charge is -2.25. The number of ether oxygens (including phenoxy) is 1. The molecule has 1 rings (SSSR count). The van der Waals surface area contributed by atoms with Crippen LogP contribution in [0.25, 0.3) is 0 Å². The zero-order valence-corrected chi connectivity index (χ0v) is 12.9. The van der Waals surface area contributed by atoms with Crippen LogP contribution in [-0.4, -0.2) is 11.5 Å². The van der Waals surface area contributed by atoms with Crippen molar-refractivity contribution in [1.29, 1.82) is 0 Å². The maximum absolute atomic E-state index is 6.35. The van der Waals surface area contributed by atoms with Crippen LogP contribution >= 0.6 is 27.5 Å². The smallest absolute Gasteiger partial charge is 0.118 e. The maximum Gasteiger partial charge on any atom is 0.118 e. The molecule has 0 radical (unpaired) electrons. The highest BCUT2D eigenvalue weighted by atomic mass is 79.9. The zero-order valence-electron chi connectivity index (χ0n) is 10.5. The van der Waals surface area contributed by atoms with Crippen molar-refractivity contribution < 1.29 is 4.74 Å². The van der Waals surface area contributed by atoms with Crippen LogP contribution in [0, 0.1) is 12.3 Å². The van der Waals surface area contributed by atoms with Crippen molar-refractivity contribution >= 4 is 27.5 Å². The molecular weight excluding hydrogens is 312 g/mol. The summed E-state index contributed by atoms with van der Waals surface area (Å²) in [6.45, 7) is 2.09. The van der Waals surface area contributed by atoms with Gasteiger partial charge in [-0.1, -0.05) is 47.0 Å². The van der Waals surface area contributed by atoms with E-state index in [0.717, 1.165) is 35.9 Å². The van der Waals surface area contributed by atoms with Crippen molar-refractivity contribution in [2.75, 3.05) is 0 Å². The molecule has 1 heterocycles. The summed E-state index contributed by atoms with van der Waals surface area (Å²) in [6, 6.07) is 0. The Balaban J connectivity index is 2.82. The minimum absolute atomic E-state index is 0.0314. The predicted molar refractivity (Wildman–Crippen MR) is 81.7 cm³/mol. The van der Waals surface area contributed by atoms with Gasteiger partial charge in [0.2, 0.25) is 0 Å². The third-order valence-corrected chi connectivity index (χ3v) is 4.19. The minimum Gasteiger partial charge on any atom is -0.492 e. The first-order valence-electron chi connectivity index (χ1n) is 6.13. The van der Waals surface area contributed by atoms with E-state index in [-0.39, 0.29) is 11.5 Å². The molecule has 0 bridgehead atoms. The van der Waals surface area contributed by atoms with Crippen LogP contribution in [0.4, 0.5) is 0 Å². The van der Waals surface area contributed by atoms with Gasteiger partial charge < -0.3 is 4.74 Å². The van der Waals surface area contributed by atoms with Crippen molar-refractivity contribution in [1.82, 2.24) is 0 Å². The van der Waals surface area contributed by atoms with E-state index in [2.05, 4.69) is 40.9 Å². The van der Waals surface area contributed by atoms with Gasteiger partial charge in [-0.15, -0.1) is 18.0 Å². The normalized spacial score (nSPS) is 29.0. The monoisotopic (exact) mass is 328 g/mol. The van der Waals surface area contributed by atoms with Gasteiger partial charge in [-0.3, -0.25) is 0 Å². The van der Waals surface area contributed by atoms with E-state index < -0.39 is 0 Å².